The summed E-state index contributed by atoms with van der Waals surface area (Å²) in [6, 6.07) is 10.6. The molecule has 0 fully saturated rings. The van der Waals surface area contributed by atoms with Crippen LogP contribution in [0.4, 0.5) is 14.5 Å². The summed E-state index contributed by atoms with van der Waals surface area (Å²) in [5.41, 5.74) is 1.03. The fourth-order valence-electron chi connectivity index (χ4n) is 1.83. The average molecular weight is 279 g/mol. The molecular weight excluding hydrogens is 264 g/mol. The highest BCUT2D eigenvalue weighted by Gasteiger charge is 2.11. The fraction of sp³-hybridized carbons (Fsp3) is 0.200. The molecule has 0 amide bonds. The molecule has 0 bridgehead atoms. The molecule has 0 aliphatic carbocycles. The summed E-state index contributed by atoms with van der Waals surface area (Å²) in [7, 11) is 1.55. The van der Waals surface area contributed by atoms with Crippen molar-refractivity contribution in [1.29, 1.82) is 0 Å². The zero-order valence-electron chi connectivity index (χ0n) is 10.9. The topological polar surface area (TPSA) is 41.5 Å². The van der Waals surface area contributed by atoms with Crippen molar-refractivity contribution in [2.45, 2.75) is 6.10 Å². The van der Waals surface area contributed by atoms with Gasteiger partial charge in [-0.05, 0) is 29.8 Å². The monoisotopic (exact) mass is 279 g/mol. The average Bonchev–Trinajstić information content (AvgIpc) is 2.47. The Morgan fingerprint density at radius 3 is 2.60 bits per heavy atom. The minimum atomic E-state index is -0.973. The minimum Gasteiger partial charge on any atom is -0.495 e. The highest BCUT2D eigenvalue weighted by atomic mass is 19.2. The number of aliphatic hydroxyl groups excluding tert-OH is 1. The van der Waals surface area contributed by atoms with Crippen molar-refractivity contribution in [3.63, 3.8) is 0 Å². The van der Waals surface area contributed by atoms with Gasteiger partial charge in [-0.2, -0.15) is 0 Å². The Labute approximate surface area is 115 Å². The maximum absolute atomic E-state index is 13.1. The molecule has 0 heterocycles. The number of hydrogen-bond acceptors (Lipinski definition) is 3. The van der Waals surface area contributed by atoms with Crippen molar-refractivity contribution in [3.8, 4) is 5.75 Å². The fourth-order valence-corrected chi connectivity index (χ4v) is 1.83. The van der Waals surface area contributed by atoms with Crippen molar-refractivity contribution in [3.05, 3.63) is 59.7 Å². The van der Waals surface area contributed by atoms with Gasteiger partial charge >= 0.3 is 0 Å². The second-order valence-corrected chi connectivity index (χ2v) is 4.27. The third-order valence-corrected chi connectivity index (χ3v) is 2.92. The molecule has 0 aliphatic heterocycles. The van der Waals surface area contributed by atoms with Gasteiger partial charge in [-0.15, -0.1) is 0 Å². The summed E-state index contributed by atoms with van der Waals surface area (Å²) in [5.74, 6) is -1.26. The Kier molecular flexibility index (Phi) is 4.53. The molecule has 2 rings (SSSR count). The molecule has 20 heavy (non-hydrogen) atoms. The molecule has 0 spiro atoms. The zero-order chi connectivity index (χ0) is 14.5. The van der Waals surface area contributed by atoms with Crippen molar-refractivity contribution < 1.29 is 18.6 Å². The summed E-state index contributed by atoms with van der Waals surface area (Å²) in [6.45, 7) is 0.158. The van der Waals surface area contributed by atoms with E-state index < -0.39 is 17.7 Å². The van der Waals surface area contributed by atoms with E-state index in [0.29, 0.717) is 11.3 Å². The van der Waals surface area contributed by atoms with Crippen LogP contribution in [0.25, 0.3) is 0 Å². The van der Waals surface area contributed by atoms with E-state index in [4.69, 9.17) is 4.74 Å². The first kappa shape index (κ1) is 14.3. The number of para-hydroxylation sites is 2. The van der Waals surface area contributed by atoms with Crippen molar-refractivity contribution >= 4 is 5.69 Å². The summed E-state index contributed by atoms with van der Waals surface area (Å²) < 4.78 is 31.1. The molecule has 5 heteroatoms. The van der Waals surface area contributed by atoms with Gasteiger partial charge in [0.15, 0.2) is 11.6 Å². The van der Waals surface area contributed by atoms with Crippen LogP contribution >= 0.6 is 0 Å². The molecule has 2 aromatic carbocycles. The van der Waals surface area contributed by atoms with E-state index in [1.165, 1.54) is 6.07 Å². The van der Waals surface area contributed by atoms with Crippen LogP contribution in [-0.2, 0) is 0 Å². The summed E-state index contributed by atoms with van der Waals surface area (Å²) in [6.07, 6.45) is -0.949. The highest BCUT2D eigenvalue weighted by Crippen LogP contribution is 2.24. The first-order chi connectivity index (χ1) is 9.61. The van der Waals surface area contributed by atoms with Gasteiger partial charge in [0.2, 0.25) is 0 Å². The molecule has 106 valence electrons. The van der Waals surface area contributed by atoms with E-state index in [1.54, 1.807) is 19.2 Å². The van der Waals surface area contributed by atoms with Gasteiger partial charge in [-0.25, -0.2) is 8.78 Å². The van der Waals surface area contributed by atoms with Gasteiger partial charge in [0.25, 0.3) is 0 Å². The number of hydrogen-bond donors (Lipinski definition) is 2. The molecule has 0 saturated carbocycles. The Balaban J connectivity index is 2.04. The molecular formula is C15H15F2NO2. The number of rotatable bonds is 5. The lowest BCUT2D eigenvalue weighted by Crippen LogP contribution is -2.13. The summed E-state index contributed by atoms with van der Waals surface area (Å²) in [4.78, 5) is 0. The molecule has 0 radical (unpaired) electrons. The van der Waals surface area contributed by atoms with Gasteiger partial charge in [0.1, 0.15) is 5.75 Å². The standard InChI is InChI=1S/C15H15F2NO2/c1-20-15-5-3-2-4-13(15)18-9-14(19)10-6-7-11(16)12(17)8-10/h2-8,14,18-19H,9H2,1H3. The number of ether oxygens (including phenoxy) is 1. The van der Waals surface area contributed by atoms with Crippen LogP contribution in [0.1, 0.15) is 11.7 Å². The second-order valence-electron chi connectivity index (χ2n) is 4.27. The van der Waals surface area contributed by atoms with Crippen LogP contribution in [0.2, 0.25) is 0 Å². The first-order valence-corrected chi connectivity index (χ1v) is 6.11. The normalized spacial score (nSPS) is 12.0. The predicted molar refractivity (Wildman–Crippen MR) is 72.8 cm³/mol. The second kappa shape index (κ2) is 6.34. The van der Waals surface area contributed by atoms with Gasteiger partial charge in [-0.1, -0.05) is 18.2 Å². The van der Waals surface area contributed by atoms with Gasteiger partial charge < -0.3 is 15.2 Å². The number of aliphatic hydroxyl groups is 1. The van der Waals surface area contributed by atoms with E-state index in [1.807, 2.05) is 12.1 Å². The van der Waals surface area contributed by atoms with Crippen LogP contribution in [0.5, 0.6) is 5.75 Å². The van der Waals surface area contributed by atoms with Crippen molar-refractivity contribution in [2.24, 2.45) is 0 Å². The molecule has 0 aromatic heterocycles. The molecule has 0 aliphatic rings. The zero-order valence-corrected chi connectivity index (χ0v) is 10.9. The summed E-state index contributed by atoms with van der Waals surface area (Å²) in [5, 5.41) is 13.0. The molecule has 2 N–H and O–H groups in total. The lowest BCUT2D eigenvalue weighted by atomic mass is 10.1. The van der Waals surface area contributed by atoms with Crippen molar-refractivity contribution in [2.75, 3.05) is 19.0 Å². The molecule has 1 unspecified atom stereocenters. The summed E-state index contributed by atoms with van der Waals surface area (Å²) >= 11 is 0. The molecule has 1 atom stereocenters. The number of nitrogens with one attached hydrogen (secondary N) is 1. The Morgan fingerprint density at radius 2 is 1.90 bits per heavy atom. The minimum absolute atomic E-state index is 0.158. The van der Waals surface area contributed by atoms with E-state index in [-0.39, 0.29) is 6.54 Å². The number of anilines is 1. The third kappa shape index (κ3) is 3.24. The van der Waals surface area contributed by atoms with Crippen LogP contribution in [-0.4, -0.2) is 18.8 Å². The Morgan fingerprint density at radius 1 is 1.15 bits per heavy atom. The largest absolute Gasteiger partial charge is 0.495 e. The SMILES string of the molecule is COc1ccccc1NCC(O)c1ccc(F)c(F)c1. The smallest absolute Gasteiger partial charge is 0.159 e. The van der Waals surface area contributed by atoms with Crippen LogP contribution < -0.4 is 10.1 Å². The lowest BCUT2D eigenvalue weighted by Gasteiger charge is -2.15. The number of halogens is 2. The van der Waals surface area contributed by atoms with Gasteiger partial charge in [-0.3, -0.25) is 0 Å². The van der Waals surface area contributed by atoms with Crippen molar-refractivity contribution in [1.82, 2.24) is 0 Å². The van der Waals surface area contributed by atoms with E-state index >= 15 is 0 Å². The van der Waals surface area contributed by atoms with E-state index in [2.05, 4.69) is 5.32 Å². The Bertz CT molecular complexity index is 590. The first-order valence-electron chi connectivity index (χ1n) is 6.11. The van der Waals surface area contributed by atoms with E-state index in [0.717, 1.165) is 17.8 Å². The third-order valence-electron chi connectivity index (χ3n) is 2.92. The Hall–Kier alpha value is -2.14. The molecule has 2 aromatic rings. The van der Waals surface area contributed by atoms with E-state index in [9.17, 15) is 13.9 Å². The van der Waals surface area contributed by atoms with Gasteiger partial charge in [0.05, 0.1) is 18.9 Å². The maximum atomic E-state index is 13.1. The predicted octanol–water partition coefficient (Wildman–Crippen LogP) is 3.12. The maximum Gasteiger partial charge on any atom is 0.159 e. The lowest BCUT2D eigenvalue weighted by molar-refractivity contribution is 0.191. The van der Waals surface area contributed by atoms with Crippen LogP contribution in [0.15, 0.2) is 42.5 Å². The number of methoxy groups -OCH3 is 1. The van der Waals surface area contributed by atoms with Crippen LogP contribution in [0.3, 0.4) is 0 Å². The van der Waals surface area contributed by atoms with Gasteiger partial charge in [0, 0.05) is 6.54 Å². The number of benzene rings is 2. The highest BCUT2D eigenvalue weighted by molar-refractivity contribution is 5.56. The molecule has 3 nitrogen and oxygen atoms in total. The van der Waals surface area contributed by atoms with Crippen LogP contribution in [0, 0.1) is 11.6 Å². The molecule has 0 saturated heterocycles. The quantitative estimate of drug-likeness (QED) is 0.883.